The van der Waals surface area contributed by atoms with Crippen LogP contribution in [0.1, 0.15) is 11.1 Å². The Labute approximate surface area is 132 Å². The standard InChI is InChI=1S/C15H11Cl3O2/c1-20-14-4-2-3-9(15(14)18)5-6-11-12(16)7-10(19)8-13(11)17/h2-8,19H,1H3/b6-5+. The summed E-state index contributed by atoms with van der Waals surface area (Å²) in [5.74, 6) is 0.619. The Hall–Kier alpha value is -1.35. The summed E-state index contributed by atoms with van der Waals surface area (Å²) < 4.78 is 5.15. The van der Waals surface area contributed by atoms with Crippen LogP contribution in [0.3, 0.4) is 0 Å². The number of ether oxygens (including phenoxy) is 1. The average molecular weight is 330 g/mol. The van der Waals surface area contributed by atoms with Crippen LogP contribution in [0.2, 0.25) is 15.1 Å². The highest BCUT2D eigenvalue weighted by molar-refractivity contribution is 6.37. The Balaban J connectivity index is 2.40. The summed E-state index contributed by atoms with van der Waals surface area (Å²) in [6, 6.07) is 8.33. The van der Waals surface area contributed by atoms with E-state index in [1.807, 2.05) is 12.1 Å². The quantitative estimate of drug-likeness (QED) is 0.750. The lowest BCUT2D eigenvalue weighted by molar-refractivity contribution is 0.415. The van der Waals surface area contributed by atoms with E-state index < -0.39 is 0 Å². The molecule has 0 atom stereocenters. The van der Waals surface area contributed by atoms with Crippen molar-refractivity contribution in [3.63, 3.8) is 0 Å². The van der Waals surface area contributed by atoms with Crippen molar-refractivity contribution in [2.45, 2.75) is 0 Å². The second kappa shape index (κ2) is 6.40. The predicted molar refractivity (Wildman–Crippen MR) is 85.1 cm³/mol. The Morgan fingerprint density at radius 2 is 1.70 bits per heavy atom. The van der Waals surface area contributed by atoms with Gasteiger partial charge in [-0.25, -0.2) is 0 Å². The van der Waals surface area contributed by atoms with Crippen molar-refractivity contribution in [1.82, 2.24) is 0 Å². The molecule has 0 amide bonds. The Bertz CT molecular complexity index is 643. The first-order chi connectivity index (χ1) is 9.52. The summed E-state index contributed by atoms with van der Waals surface area (Å²) in [4.78, 5) is 0. The lowest BCUT2D eigenvalue weighted by atomic mass is 10.1. The molecule has 20 heavy (non-hydrogen) atoms. The molecule has 0 saturated carbocycles. The molecule has 0 aliphatic rings. The molecule has 0 aliphatic heterocycles. The molecule has 2 rings (SSSR count). The molecule has 0 radical (unpaired) electrons. The summed E-state index contributed by atoms with van der Waals surface area (Å²) in [5, 5.41) is 10.6. The maximum Gasteiger partial charge on any atom is 0.138 e. The van der Waals surface area contributed by atoms with E-state index in [0.29, 0.717) is 26.4 Å². The first-order valence-corrected chi connectivity index (χ1v) is 6.85. The van der Waals surface area contributed by atoms with E-state index in [2.05, 4.69) is 0 Å². The number of hydrogen-bond acceptors (Lipinski definition) is 2. The second-order valence-corrected chi connectivity index (χ2v) is 5.21. The number of rotatable bonds is 3. The van der Waals surface area contributed by atoms with Crippen LogP contribution in [0, 0.1) is 0 Å². The molecule has 0 spiro atoms. The van der Waals surface area contributed by atoms with E-state index >= 15 is 0 Å². The molecule has 0 saturated heterocycles. The first-order valence-electron chi connectivity index (χ1n) is 5.71. The third kappa shape index (κ3) is 3.21. The van der Waals surface area contributed by atoms with Gasteiger partial charge in [-0.3, -0.25) is 0 Å². The fourth-order valence-corrected chi connectivity index (χ4v) is 2.59. The van der Waals surface area contributed by atoms with Crippen LogP contribution in [-0.2, 0) is 0 Å². The second-order valence-electron chi connectivity index (χ2n) is 4.02. The molecule has 0 aromatic heterocycles. The lowest BCUT2D eigenvalue weighted by Crippen LogP contribution is -1.85. The molecule has 2 aromatic rings. The van der Waals surface area contributed by atoms with Crippen molar-refractivity contribution in [3.05, 3.63) is 56.5 Å². The summed E-state index contributed by atoms with van der Waals surface area (Å²) in [5.41, 5.74) is 1.40. The van der Waals surface area contributed by atoms with Crippen LogP contribution < -0.4 is 4.74 Å². The van der Waals surface area contributed by atoms with Gasteiger partial charge in [-0.15, -0.1) is 0 Å². The van der Waals surface area contributed by atoms with Gasteiger partial charge < -0.3 is 9.84 Å². The van der Waals surface area contributed by atoms with Gasteiger partial charge in [0, 0.05) is 5.56 Å². The third-order valence-electron chi connectivity index (χ3n) is 2.71. The van der Waals surface area contributed by atoms with Crippen molar-refractivity contribution < 1.29 is 9.84 Å². The van der Waals surface area contributed by atoms with E-state index in [-0.39, 0.29) is 5.75 Å². The molecule has 1 N–H and O–H groups in total. The van der Waals surface area contributed by atoms with Crippen molar-refractivity contribution in [2.75, 3.05) is 7.11 Å². The highest BCUT2D eigenvalue weighted by atomic mass is 35.5. The van der Waals surface area contributed by atoms with Gasteiger partial charge in [0.05, 0.1) is 22.2 Å². The van der Waals surface area contributed by atoms with Crippen LogP contribution in [0.5, 0.6) is 11.5 Å². The van der Waals surface area contributed by atoms with Gasteiger partial charge in [0.15, 0.2) is 0 Å². The summed E-state index contributed by atoms with van der Waals surface area (Å²) in [6.07, 6.45) is 3.53. The summed E-state index contributed by atoms with van der Waals surface area (Å²) >= 11 is 18.3. The van der Waals surface area contributed by atoms with E-state index in [1.165, 1.54) is 12.1 Å². The summed E-state index contributed by atoms with van der Waals surface area (Å²) in [6.45, 7) is 0. The zero-order valence-electron chi connectivity index (χ0n) is 10.5. The number of methoxy groups -OCH3 is 1. The number of phenols is 1. The highest BCUT2D eigenvalue weighted by Gasteiger charge is 2.07. The maximum atomic E-state index is 9.39. The van der Waals surface area contributed by atoms with Crippen molar-refractivity contribution in [3.8, 4) is 11.5 Å². The molecule has 0 bridgehead atoms. The van der Waals surface area contributed by atoms with Crippen LogP contribution in [-0.4, -0.2) is 12.2 Å². The molecule has 2 aromatic carbocycles. The fourth-order valence-electron chi connectivity index (χ4n) is 1.72. The van der Waals surface area contributed by atoms with Crippen molar-refractivity contribution in [2.24, 2.45) is 0 Å². The fraction of sp³-hybridized carbons (Fsp3) is 0.0667. The number of hydrogen-bond donors (Lipinski definition) is 1. The molecule has 0 unspecified atom stereocenters. The zero-order chi connectivity index (χ0) is 14.7. The molecular formula is C15H11Cl3O2. The number of halogens is 3. The average Bonchev–Trinajstić information content (AvgIpc) is 2.39. The van der Waals surface area contributed by atoms with Gasteiger partial charge in [-0.2, -0.15) is 0 Å². The number of benzene rings is 2. The highest BCUT2D eigenvalue weighted by Crippen LogP contribution is 2.33. The first kappa shape index (κ1) is 15.0. The molecular weight excluding hydrogens is 319 g/mol. The van der Waals surface area contributed by atoms with Crippen molar-refractivity contribution >= 4 is 47.0 Å². The van der Waals surface area contributed by atoms with Gasteiger partial charge in [0.25, 0.3) is 0 Å². The monoisotopic (exact) mass is 328 g/mol. The Morgan fingerprint density at radius 1 is 1.05 bits per heavy atom. The molecule has 0 fully saturated rings. The van der Waals surface area contributed by atoms with Gasteiger partial charge >= 0.3 is 0 Å². The third-order valence-corrected chi connectivity index (χ3v) is 3.74. The zero-order valence-corrected chi connectivity index (χ0v) is 12.8. The number of aromatic hydroxyl groups is 1. The Kier molecular flexibility index (Phi) is 4.81. The molecule has 0 heterocycles. The summed E-state index contributed by atoms with van der Waals surface area (Å²) in [7, 11) is 1.56. The maximum absolute atomic E-state index is 9.39. The largest absolute Gasteiger partial charge is 0.508 e. The minimum Gasteiger partial charge on any atom is -0.508 e. The Morgan fingerprint density at radius 3 is 2.30 bits per heavy atom. The van der Waals surface area contributed by atoms with Gasteiger partial charge in [-0.1, -0.05) is 59.1 Å². The van der Waals surface area contributed by atoms with E-state index in [1.54, 1.807) is 25.3 Å². The van der Waals surface area contributed by atoms with E-state index in [4.69, 9.17) is 39.5 Å². The van der Waals surface area contributed by atoms with E-state index in [0.717, 1.165) is 5.56 Å². The molecule has 0 aliphatic carbocycles. The lowest BCUT2D eigenvalue weighted by Gasteiger charge is -2.06. The van der Waals surface area contributed by atoms with Crippen LogP contribution in [0.15, 0.2) is 30.3 Å². The minimum atomic E-state index is 0.0246. The predicted octanol–water partition coefficient (Wildman–Crippen LogP) is 5.53. The smallest absolute Gasteiger partial charge is 0.138 e. The van der Waals surface area contributed by atoms with E-state index in [9.17, 15) is 5.11 Å². The molecule has 5 heteroatoms. The SMILES string of the molecule is COc1cccc(/C=C/c2c(Cl)cc(O)cc2Cl)c1Cl. The normalized spacial score (nSPS) is 11.0. The van der Waals surface area contributed by atoms with Gasteiger partial charge in [-0.05, 0) is 23.8 Å². The topological polar surface area (TPSA) is 29.5 Å². The molecule has 2 nitrogen and oxygen atoms in total. The molecule has 104 valence electrons. The van der Waals surface area contributed by atoms with Crippen molar-refractivity contribution in [1.29, 1.82) is 0 Å². The van der Waals surface area contributed by atoms with Crippen LogP contribution in [0.25, 0.3) is 12.2 Å². The van der Waals surface area contributed by atoms with Gasteiger partial charge in [0.2, 0.25) is 0 Å². The van der Waals surface area contributed by atoms with Crippen LogP contribution in [0.4, 0.5) is 0 Å². The van der Waals surface area contributed by atoms with Gasteiger partial charge in [0.1, 0.15) is 11.5 Å². The van der Waals surface area contributed by atoms with Crippen LogP contribution >= 0.6 is 34.8 Å². The minimum absolute atomic E-state index is 0.0246. The number of phenolic OH excluding ortho intramolecular Hbond substituents is 1.